The van der Waals surface area contributed by atoms with E-state index >= 15 is 0 Å². The number of aldehydes is 1. The van der Waals surface area contributed by atoms with Gasteiger partial charge in [-0.25, -0.2) is 0 Å². The first-order valence-electron chi connectivity index (χ1n) is 5.21. The zero-order valence-corrected chi connectivity index (χ0v) is 9.80. The van der Waals surface area contributed by atoms with E-state index in [0.717, 1.165) is 44.6 Å². The molecule has 0 spiro atoms. The zero-order chi connectivity index (χ0) is 10.7. The minimum atomic E-state index is 0.809. The van der Waals surface area contributed by atoms with Crippen LogP contribution in [0.5, 0.6) is 0 Å². The molecule has 0 N–H and O–H groups in total. The Labute approximate surface area is 94.3 Å². The molecule has 0 aliphatic carbocycles. The standard InChI is InChI=1S/C11H16N2OS/c1-12-2-4-13(5-3-12)7-11-6-10(8-14)9-15-11/h6,8-9H,2-5,7H2,1H3. The number of rotatable bonds is 3. The summed E-state index contributed by atoms with van der Waals surface area (Å²) in [7, 11) is 2.16. The highest BCUT2D eigenvalue weighted by Gasteiger charge is 2.14. The minimum Gasteiger partial charge on any atom is -0.304 e. The van der Waals surface area contributed by atoms with Gasteiger partial charge in [-0.15, -0.1) is 11.3 Å². The number of carbonyl (C=O) groups excluding carboxylic acids is 1. The van der Waals surface area contributed by atoms with E-state index < -0.39 is 0 Å². The maximum absolute atomic E-state index is 10.5. The molecule has 1 aromatic rings. The summed E-state index contributed by atoms with van der Waals surface area (Å²) < 4.78 is 0. The number of thiophene rings is 1. The van der Waals surface area contributed by atoms with Gasteiger partial charge in [0, 0.05) is 48.5 Å². The fraction of sp³-hybridized carbons (Fsp3) is 0.545. The summed E-state index contributed by atoms with van der Waals surface area (Å²) in [6, 6.07) is 2.00. The van der Waals surface area contributed by atoms with E-state index in [-0.39, 0.29) is 0 Å². The molecule has 1 aliphatic heterocycles. The van der Waals surface area contributed by atoms with Gasteiger partial charge in [-0.05, 0) is 13.1 Å². The SMILES string of the molecule is CN1CCN(Cc2cc(C=O)cs2)CC1. The van der Waals surface area contributed by atoms with Gasteiger partial charge >= 0.3 is 0 Å². The van der Waals surface area contributed by atoms with Crippen LogP contribution < -0.4 is 0 Å². The molecular formula is C11H16N2OS. The van der Waals surface area contributed by atoms with Gasteiger partial charge in [-0.1, -0.05) is 0 Å². The van der Waals surface area contributed by atoms with Crippen molar-refractivity contribution in [3.8, 4) is 0 Å². The number of likely N-dealkylation sites (N-methyl/N-ethyl adjacent to an activating group) is 1. The van der Waals surface area contributed by atoms with E-state index in [1.165, 1.54) is 4.88 Å². The highest BCUT2D eigenvalue weighted by molar-refractivity contribution is 7.10. The Kier molecular flexibility index (Phi) is 3.51. The van der Waals surface area contributed by atoms with Crippen LogP contribution >= 0.6 is 11.3 Å². The first-order valence-corrected chi connectivity index (χ1v) is 6.09. The van der Waals surface area contributed by atoms with Crippen molar-refractivity contribution in [2.75, 3.05) is 33.2 Å². The molecule has 1 saturated heterocycles. The van der Waals surface area contributed by atoms with E-state index in [2.05, 4.69) is 16.8 Å². The summed E-state index contributed by atoms with van der Waals surface area (Å²) in [6.07, 6.45) is 0.921. The molecule has 0 amide bonds. The molecule has 1 aromatic heterocycles. The first-order chi connectivity index (χ1) is 7.28. The number of piperazine rings is 1. The molecule has 15 heavy (non-hydrogen) atoms. The van der Waals surface area contributed by atoms with Crippen molar-refractivity contribution in [2.24, 2.45) is 0 Å². The smallest absolute Gasteiger partial charge is 0.150 e. The Hall–Kier alpha value is -0.710. The third-order valence-corrected chi connectivity index (χ3v) is 3.73. The van der Waals surface area contributed by atoms with E-state index in [0.29, 0.717) is 0 Å². The lowest BCUT2D eigenvalue weighted by Crippen LogP contribution is -2.43. The summed E-state index contributed by atoms with van der Waals surface area (Å²) in [5.41, 5.74) is 0.809. The molecule has 82 valence electrons. The molecule has 4 heteroatoms. The lowest BCUT2D eigenvalue weighted by Gasteiger charge is -2.31. The number of hydrogen-bond acceptors (Lipinski definition) is 4. The maximum Gasteiger partial charge on any atom is 0.150 e. The van der Waals surface area contributed by atoms with Crippen LogP contribution in [0.15, 0.2) is 11.4 Å². The summed E-state index contributed by atoms with van der Waals surface area (Å²) >= 11 is 1.68. The topological polar surface area (TPSA) is 23.6 Å². The van der Waals surface area contributed by atoms with Crippen LogP contribution in [0.3, 0.4) is 0 Å². The maximum atomic E-state index is 10.5. The normalized spacial score (nSPS) is 19.3. The van der Waals surface area contributed by atoms with Gasteiger partial charge in [0.05, 0.1) is 0 Å². The van der Waals surface area contributed by atoms with Gasteiger partial charge in [-0.2, -0.15) is 0 Å². The van der Waals surface area contributed by atoms with Crippen molar-refractivity contribution in [1.82, 2.24) is 9.80 Å². The van der Waals surface area contributed by atoms with Crippen LogP contribution in [0.4, 0.5) is 0 Å². The van der Waals surface area contributed by atoms with Crippen LogP contribution in [0.2, 0.25) is 0 Å². The second kappa shape index (κ2) is 4.88. The zero-order valence-electron chi connectivity index (χ0n) is 8.98. The Morgan fingerprint density at radius 3 is 2.73 bits per heavy atom. The second-order valence-corrected chi connectivity index (χ2v) is 5.04. The molecule has 0 atom stereocenters. The predicted octanol–water partition coefficient (Wildman–Crippen LogP) is 1.31. The lowest BCUT2D eigenvalue weighted by molar-refractivity contribution is 0.112. The Morgan fingerprint density at radius 2 is 2.13 bits per heavy atom. The summed E-state index contributed by atoms with van der Waals surface area (Å²) in [5, 5.41) is 1.93. The number of hydrogen-bond donors (Lipinski definition) is 0. The molecule has 0 radical (unpaired) electrons. The molecule has 1 aliphatic rings. The van der Waals surface area contributed by atoms with E-state index in [4.69, 9.17) is 0 Å². The molecule has 1 fully saturated rings. The van der Waals surface area contributed by atoms with E-state index in [9.17, 15) is 4.79 Å². The van der Waals surface area contributed by atoms with Crippen LogP contribution in [-0.2, 0) is 6.54 Å². The third-order valence-electron chi connectivity index (χ3n) is 2.79. The Morgan fingerprint density at radius 1 is 1.40 bits per heavy atom. The van der Waals surface area contributed by atoms with Crippen molar-refractivity contribution in [1.29, 1.82) is 0 Å². The quantitative estimate of drug-likeness (QED) is 0.723. The average molecular weight is 224 g/mol. The van der Waals surface area contributed by atoms with Gasteiger partial charge < -0.3 is 4.90 Å². The van der Waals surface area contributed by atoms with Crippen molar-refractivity contribution < 1.29 is 4.79 Å². The highest BCUT2D eigenvalue weighted by atomic mass is 32.1. The molecule has 3 nitrogen and oxygen atoms in total. The van der Waals surface area contributed by atoms with Crippen molar-refractivity contribution in [2.45, 2.75) is 6.54 Å². The first kappa shape index (κ1) is 10.8. The van der Waals surface area contributed by atoms with Crippen LogP contribution in [0, 0.1) is 0 Å². The molecule has 0 bridgehead atoms. The van der Waals surface area contributed by atoms with E-state index in [1.807, 2.05) is 11.4 Å². The predicted molar refractivity (Wildman–Crippen MR) is 62.5 cm³/mol. The van der Waals surface area contributed by atoms with Gasteiger partial charge in [-0.3, -0.25) is 9.69 Å². The summed E-state index contributed by atoms with van der Waals surface area (Å²) in [6.45, 7) is 5.54. The van der Waals surface area contributed by atoms with Crippen molar-refractivity contribution in [3.63, 3.8) is 0 Å². The lowest BCUT2D eigenvalue weighted by atomic mass is 10.3. The molecule has 0 unspecified atom stereocenters. The molecule has 2 rings (SSSR count). The fourth-order valence-electron chi connectivity index (χ4n) is 1.77. The summed E-state index contributed by atoms with van der Waals surface area (Å²) in [5.74, 6) is 0. The summed E-state index contributed by atoms with van der Waals surface area (Å²) in [4.78, 5) is 16.6. The van der Waals surface area contributed by atoms with Crippen molar-refractivity contribution >= 4 is 17.6 Å². The van der Waals surface area contributed by atoms with E-state index in [1.54, 1.807) is 11.3 Å². The fourth-order valence-corrected chi connectivity index (χ4v) is 2.64. The van der Waals surface area contributed by atoms with Gasteiger partial charge in [0.2, 0.25) is 0 Å². The molecule has 0 aromatic carbocycles. The molecule has 2 heterocycles. The van der Waals surface area contributed by atoms with Gasteiger partial charge in [0.15, 0.2) is 6.29 Å². The van der Waals surface area contributed by atoms with Crippen LogP contribution in [0.1, 0.15) is 15.2 Å². The average Bonchev–Trinajstić information content (AvgIpc) is 2.69. The largest absolute Gasteiger partial charge is 0.304 e. The number of carbonyl (C=O) groups is 1. The van der Waals surface area contributed by atoms with Gasteiger partial charge in [0.1, 0.15) is 0 Å². The van der Waals surface area contributed by atoms with Crippen LogP contribution in [-0.4, -0.2) is 49.3 Å². The Bertz CT molecular complexity index is 329. The van der Waals surface area contributed by atoms with Crippen molar-refractivity contribution in [3.05, 3.63) is 21.9 Å². The monoisotopic (exact) mass is 224 g/mol. The molecule has 0 saturated carbocycles. The third kappa shape index (κ3) is 2.87. The minimum absolute atomic E-state index is 0.809. The Balaban J connectivity index is 1.88. The van der Waals surface area contributed by atoms with Gasteiger partial charge in [0.25, 0.3) is 0 Å². The highest BCUT2D eigenvalue weighted by Crippen LogP contribution is 2.16. The molecular weight excluding hydrogens is 208 g/mol. The second-order valence-electron chi connectivity index (χ2n) is 4.04. The van der Waals surface area contributed by atoms with Crippen LogP contribution in [0.25, 0.3) is 0 Å². The number of nitrogens with zero attached hydrogens (tertiary/aromatic N) is 2.